The average molecular weight is 341 g/mol. The molecule has 1 atom stereocenters. The van der Waals surface area contributed by atoms with Crippen LogP contribution in [0.25, 0.3) is 4.91 Å². The van der Waals surface area contributed by atoms with Crippen molar-refractivity contribution in [2.75, 3.05) is 12.4 Å². The Morgan fingerprint density at radius 2 is 2.08 bits per heavy atom. The number of carbonyl (C=O) groups excluding carboxylic acids is 1. The molecule has 3 N–H and O–H groups in total. The number of hydrogen-bond acceptors (Lipinski definition) is 7. The molecule has 2 aromatic rings. The predicted molar refractivity (Wildman–Crippen MR) is 97.4 cm³/mol. The molecule has 3 rings (SSSR count). The van der Waals surface area contributed by atoms with Crippen LogP contribution in [-0.4, -0.2) is 33.6 Å². The lowest BCUT2D eigenvalue weighted by Crippen LogP contribution is -2.23. The number of hydrogen-bond donors (Lipinski definition) is 2. The fourth-order valence-electron chi connectivity index (χ4n) is 2.40. The molecule has 6 nitrogen and oxygen atoms in total. The third-order valence-electron chi connectivity index (χ3n) is 3.93. The number of benzene rings is 1. The predicted octanol–water partition coefficient (Wildman–Crippen LogP) is 2.57. The van der Waals surface area contributed by atoms with Gasteiger partial charge in [-0.25, -0.2) is 9.97 Å². The van der Waals surface area contributed by atoms with Gasteiger partial charge in [0.1, 0.15) is 5.37 Å². The number of carbonyl (C=O) groups is 1. The van der Waals surface area contributed by atoms with Gasteiger partial charge in [-0.3, -0.25) is 0 Å². The first kappa shape index (κ1) is 16.5. The lowest BCUT2D eigenvalue weighted by Gasteiger charge is -2.16. The summed E-state index contributed by atoms with van der Waals surface area (Å²) in [4.78, 5) is 23.0. The van der Waals surface area contributed by atoms with E-state index >= 15 is 0 Å². The van der Waals surface area contributed by atoms with Crippen LogP contribution in [0.5, 0.6) is 0 Å². The number of nitrogens with zero attached hydrogens (tertiary/aromatic N) is 3. The first-order valence-corrected chi connectivity index (χ1v) is 8.45. The minimum absolute atomic E-state index is 0.199. The van der Waals surface area contributed by atoms with Gasteiger partial charge in [0, 0.05) is 31.2 Å². The lowest BCUT2D eigenvalue weighted by atomic mass is 10.2. The molecule has 24 heavy (non-hydrogen) atoms. The van der Waals surface area contributed by atoms with E-state index in [1.54, 1.807) is 6.20 Å². The molecule has 1 aliphatic heterocycles. The highest BCUT2D eigenvalue weighted by Crippen LogP contribution is 2.41. The second-order valence-corrected chi connectivity index (χ2v) is 6.59. The van der Waals surface area contributed by atoms with Crippen molar-refractivity contribution >= 4 is 34.6 Å². The van der Waals surface area contributed by atoms with E-state index in [0.29, 0.717) is 12.5 Å². The number of rotatable bonds is 5. The number of allylic oxidation sites excluding steroid dienone is 1. The maximum atomic E-state index is 11.2. The van der Waals surface area contributed by atoms with E-state index in [1.807, 2.05) is 49.2 Å². The third kappa shape index (κ3) is 3.27. The highest BCUT2D eigenvalue weighted by atomic mass is 32.2. The molecule has 0 saturated heterocycles. The van der Waals surface area contributed by atoms with Gasteiger partial charge in [0.15, 0.2) is 6.29 Å². The van der Waals surface area contributed by atoms with Crippen LogP contribution in [-0.2, 0) is 11.3 Å². The van der Waals surface area contributed by atoms with Gasteiger partial charge in [-0.2, -0.15) is 0 Å². The number of nitrogens with one attached hydrogen (secondary N) is 1. The van der Waals surface area contributed by atoms with E-state index < -0.39 is 0 Å². The largest absolute Gasteiger partial charge is 0.359 e. The number of nitrogens with two attached hydrogens (primary N) is 1. The Morgan fingerprint density at radius 3 is 2.71 bits per heavy atom. The van der Waals surface area contributed by atoms with Crippen molar-refractivity contribution in [3.05, 3.63) is 53.5 Å². The van der Waals surface area contributed by atoms with Gasteiger partial charge in [-0.05, 0) is 30.7 Å². The summed E-state index contributed by atoms with van der Waals surface area (Å²) in [7, 11) is 1.91. The SMILES string of the molecule is CC1=C(c2ccnc(Nc3ccc(CN)cc3)n2)SC(C=O)N1C. The van der Waals surface area contributed by atoms with E-state index in [1.165, 1.54) is 11.8 Å². The first-order valence-electron chi connectivity index (χ1n) is 7.57. The molecule has 0 saturated carbocycles. The highest BCUT2D eigenvalue weighted by Gasteiger charge is 2.28. The van der Waals surface area contributed by atoms with Crippen molar-refractivity contribution in [1.82, 2.24) is 14.9 Å². The van der Waals surface area contributed by atoms with Crippen LogP contribution in [0.15, 0.2) is 42.2 Å². The van der Waals surface area contributed by atoms with Crippen LogP contribution < -0.4 is 11.1 Å². The Morgan fingerprint density at radius 1 is 1.33 bits per heavy atom. The van der Waals surface area contributed by atoms with E-state index in [4.69, 9.17) is 5.73 Å². The summed E-state index contributed by atoms with van der Waals surface area (Å²) in [6, 6.07) is 9.69. The second kappa shape index (κ2) is 7.02. The number of likely N-dealkylation sites (N-methyl/N-ethyl adjacent to an activating group) is 1. The molecule has 1 aliphatic rings. The van der Waals surface area contributed by atoms with E-state index in [0.717, 1.165) is 33.8 Å². The maximum Gasteiger partial charge on any atom is 0.227 e. The fourth-order valence-corrected chi connectivity index (χ4v) is 3.56. The summed E-state index contributed by atoms with van der Waals surface area (Å²) < 4.78 is 0. The summed E-state index contributed by atoms with van der Waals surface area (Å²) in [6.07, 6.45) is 2.66. The molecule has 1 aromatic carbocycles. The Hall–Kier alpha value is -2.38. The zero-order valence-corrected chi connectivity index (χ0v) is 14.4. The topological polar surface area (TPSA) is 84.1 Å². The normalized spacial score (nSPS) is 17.3. The molecular weight excluding hydrogens is 322 g/mol. The van der Waals surface area contributed by atoms with Crippen LogP contribution in [0.2, 0.25) is 0 Å². The molecule has 0 fully saturated rings. The fraction of sp³-hybridized carbons (Fsp3) is 0.235. The van der Waals surface area contributed by atoms with Crippen molar-refractivity contribution in [1.29, 1.82) is 0 Å². The number of aromatic nitrogens is 2. The molecule has 0 spiro atoms. The minimum Gasteiger partial charge on any atom is -0.359 e. The number of aldehydes is 1. The smallest absolute Gasteiger partial charge is 0.227 e. The molecule has 1 unspecified atom stereocenters. The summed E-state index contributed by atoms with van der Waals surface area (Å²) in [5.41, 5.74) is 9.42. The van der Waals surface area contributed by atoms with Gasteiger partial charge in [-0.1, -0.05) is 23.9 Å². The highest BCUT2D eigenvalue weighted by molar-refractivity contribution is 8.09. The standard InChI is InChI=1S/C17H19N5OS/c1-11-16(24-15(10-23)22(11)2)14-7-8-19-17(21-14)20-13-5-3-12(9-18)4-6-13/h3-8,10,15H,9,18H2,1-2H3,(H,19,20,21). The molecular formula is C17H19N5OS. The number of anilines is 2. The molecule has 0 aliphatic carbocycles. The zero-order valence-electron chi connectivity index (χ0n) is 13.6. The number of thioether (sulfide) groups is 1. The summed E-state index contributed by atoms with van der Waals surface area (Å²) in [5.74, 6) is 0.520. The molecule has 7 heteroatoms. The Kier molecular flexibility index (Phi) is 4.82. The second-order valence-electron chi connectivity index (χ2n) is 5.46. The van der Waals surface area contributed by atoms with Crippen LogP contribution in [0.1, 0.15) is 18.2 Å². The van der Waals surface area contributed by atoms with Crippen molar-refractivity contribution < 1.29 is 4.79 Å². The van der Waals surface area contributed by atoms with Crippen molar-refractivity contribution in [3.63, 3.8) is 0 Å². The monoisotopic (exact) mass is 341 g/mol. The van der Waals surface area contributed by atoms with Crippen LogP contribution in [0, 0.1) is 0 Å². The maximum absolute atomic E-state index is 11.2. The van der Waals surface area contributed by atoms with Gasteiger partial charge in [0.05, 0.1) is 10.6 Å². The van der Waals surface area contributed by atoms with Crippen molar-refractivity contribution in [2.24, 2.45) is 5.73 Å². The summed E-state index contributed by atoms with van der Waals surface area (Å²) >= 11 is 1.51. The van der Waals surface area contributed by atoms with E-state index in [9.17, 15) is 4.79 Å². The average Bonchev–Trinajstić information content (AvgIpc) is 2.91. The molecule has 124 valence electrons. The van der Waals surface area contributed by atoms with Crippen LogP contribution >= 0.6 is 11.8 Å². The van der Waals surface area contributed by atoms with Crippen LogP contribution in [0.3, 0.4) is 0 Å². The first-order chi connectivity index (χ1) is 11.6. The van der Waals surface area contributed by atoms with Gasteiger partial charge in [-0.15, -0.1) is 0 Å². The Bertz CT molecular complexity index is 775. The third-order valence-corrected chi connectivity index (χ3v) is 5.34. The molecule has 0 radical (unpaired) electrons. The molecule has 2 heterocycles. The lowest BCUT2D eigenvalue weighted by molar-refractivity contribution is -0.109. The van der Waals surface area contributed by atoms with Gasteiger partial charge in [0.2, 0.25) is 5.95 Å². The van der Waals surface area contributed by atoms with Gasteiger partial charge < -0.3 is 20.7 Å². The Balaban J connectivity index is 1.83. The zero-order chi connectivity index (χ0) is 17.1. The summed E-state index contributed by atoms with van der Waals surface area (Å²) in [5, 5.41) is 2.99. The quantitative estimate of drug-likeness (QED) is 0.809. The summed E-state index contributed by atoms with van der Waals surface area (Å²) in [6.45, 7) is 2.51. The van der Waals surface area contributed by atoms with Crippen LogP contribution in [0.4, 0.5) is 11.6 Å². The molecule has 0 amide bonds. The molecule has 0 bridgehead atoms. The molecule has 1 aromatic heterocycles. The van der Waals surface area contributed by atoms with Gasteiger partial charge >= 0.3 is 0 Å². The van der Waals surface area contributed by atoms with Crippen molar-refractivity contribution in [3.8, 4) is 0 Å². The minimum atomic E-state index is -0.199. The Labute approximate surface area is 145 Å². The van der Waals surface area contributed by atoms with Gasteiger partial charge in [0.25, 0.3) is 0 Å². The van der Waals surface area contributed by atoms with E-state index in [-0.39, 0.29) is 5.37 Å². The van der Waals surface area contributed by atoms with E-state index in [2.05, 4.69) is 15.3 Å². The van der Waals surface area contributed by atoms with Crippen molar-refractivity contribution in [2.45, 2.75) is 18.8 Å².